The van der Waals surface area contributed by atoms with E-state index < -0.39 is 35.3 Å². The smallest absolute Gasteiger partial charge is 0.449 e. The highest BCUT2D eigenvalue weighted by atomic mass is 19.2. The molecule has 0 saturated carbocycles. The lowest BCUT2D eigenvalue weighted by atomic mass is 9.99. The van der Waals surface area contributed by atoms with Gasteiger partial charge in [0.15, 0.2) is 11.6 Å². The molecule has 1 aromatic carbocycles. The highest BCUT2D eigenvalue weighted by molar-refractivity contribution is 5.99. The maximum Gasteiger partial charge on any atom is 0.512 e. The molecule has 1 atom stereocenters. The van der Waals surface area contributed by atoms with Gasteiger partial charge in [0.2, 0.25) is 5.88 Å². The SMILES string of the molecule is O=C(O)Oc1ncn2c1[C@@H]1CCN1C(=O)c1c-2ccc(F)c1F. The Morgan fingerprint density at radius 3 is 2.83 bits per heavy atom. The first kappa shape index (κ1) is 13.7. The second kappa shape index (κ2) is 4.51. The maximum atomic E-state index is 14.2. The summed E-state index contributed by atoms with van der Waals surface area (Å²) in [4.78, 5) is 28.5. The summed E-state index contributed by atoms with van der Waals surface area (Å²) in [5.74, 6) is -3.17. The molecule has 23 heavy (non-hydrogen) atoms. The molecule has 0 aliphatic carbocycles. The first-order chi connectivity index (χ1) is 11.0. The summed E-state index contributed by atoms with van der Waals surface area (Å²) in [5.41, 5.74) is 0.0375. The fourth-order valence-corrected chi connectivity index (χ4v) is 3.00. The van der Waals surface area contributed by atoms with E-state index in [0.717, 1.165) is 6.07 Å². The summed E-state index contributed by atoms with van der Waals surface area (Å²) in [6.45, 7) is 0.358. The van der Waals surface area contributed by atoms with Gasteiger partial charge in [0.05, 0.1) is 11.7 Å². The molecule has 9 heteroatoms. The van der Waals surface area contributed by atoms with Crippen molar-refractivity contribution in [3.05, 3.63) is 41.4 Å². The van der Waals surface area contributed by atoms with Gasteiger partial charge in [-0.15, -0.1) is 0 Å². The Morgan fingerprint density at radius 1 is 1.39 bits per heavy atom. The minimum Gasteiger partial charge on any atom is -0.449 e. The van der Waals surface area contributed by atoms with Crippen LogP contribution in [0.5, 0.6) is 5.88 Å². The number of carboxylic acid groups (broad SMARTS) is 1. The Kier molecular flexibility index (Phi) is 2.68. The van der Waals surface area contributed by atoms with E-state index in [1.165, 1.54) is 21.9 Å². The molecule has 7 nitrogen and oxygen atoms in total. The molecule has 1 fully saturated rings. The number of amides is 1. The van der Waals surface area contributed by atoms with Crippen LogP contribution in [0.25, 0.3) is 5.69 Å². The van der Waals surface area contributed by atoms with Crippen LogP contribution in [-0.2, 0) is 0 Å². The van der Waals surface area contributed by atoms with E-state index in [1.807, 2.05) is 0 Å². The predicted molar refractivity (Wildman–Crippen MR) is 70.5 cm³/mol. The normalized spacial score (nSPS) is 18.4. The van der Waals surface area contributed by atoms with Crippen LogP contribution in [0.1, 0.15) is 28.5 Å². The van der Waals surface area contributed by atoms with Gasteiger partial charge >= 0.3 is 6.16 Å². The monoisotopic (exact) mass is 321 g/mol. The van der Waals surface area contributed by atoms with E-state index in [0.29, 0.717) is 18.7 Å². The van der Waals surface area contributed by atoms with E-state index in [-0.39, 0.29) is 11.6 Å². The first-order valence-electron chi connectivity index (χ1n) is 6.76. The highest BCUT2D eigenvalue weighted by Gasteiger charge is 2.43. The number of carbonyl (C=O) groups excluding carboxylic acids is 1. The van der Waals surface area contributed by atoms with Crippen LogP contribution in [0.4, 0.5) is 13.6 Å². The van der Waals surface area contributed by atoms with Gasteiger partial charge in [-0.05, 0) is 18.6 Å². The second-order valence-corrected chi connectivity index (χ2v) is 5.23. The molecule has 0 spiro atoms. The van der Waals surface area contributed by atoms with Gasteiger partial charge in [0, 0.05) is 6.54 Å². The van der Waals surface area contributed by atoms with Crippen molar-refractivity contribution in [3.8, 4) is 11.6 Å². The van der Waals surface area contributed by atoms with Gasteiger partial charge in [0.1, 0.15) is 17.6 Å². The summed E-state index contributed by atoms with van der Waals surface area (Å²) in [7, 11) is 0. The molecule has 4 rings (SSSR count). The molecule has 2 aliphatic rings. The standard InChI is InChI=1S/C14H9F2N3O4/c15-6-1-2-7-9(10(6)16)13(20)18-4-3-8(18)11-12(23-14(21)22)17-5-19(7)11/h1-2,5,8H,3-4H2,(H,21,22)/t8-/m0/s1. The summed E-state index contributed by atoms with van der Waals surface area (Å²) >= 11 is 0. The molecule has 2 aliphatic heterocycles. The third-order valence-electron chi connectivity index (χ3n) is 4.10. The number of carbonyl (C=O) groups is 2. The number of rotatable bonds is 1. The van der Waals surface area contributed by atoms with Crippen molar-refractivity contribution in [1.29, 1.82) is 0 Å². The number of benzene rings is 1. The lowest BCUT2D eigenvalue weighted by molar-refractivity contribution is 0.0449. The number of imidazole rings is 1. The third-order valence-corrected chi connectivity index (χ3v) is 4.10. The Balaban J connectivity index is 2.00. The average molecular weight is 321 g/mol. The van der Waals surface area contributed by atoms with Gasteiger partial charge in [-0.2, -0.15) is 0 Å². The van der Waals surface area contributed by atoms with Crippen LogP contribution in [0, 0.1) is 11.6 Å². The number of aromatic nitrogens is 2. The quantitative estimate of drug-likeness (QED) is 0.813. The molecule has 1 saturated heterocycles. The van der Waals surface area contributed by atoms with Gasteiger partial charge in [0.25, 0.3) is 5.91 Å². The van der Waals surface area contributed by atoms with E-state index in [2.05, 4.69) is 9.72 Å². The molecule has 0 unspecified atom stereocenters. The zero-order valence-electron chi connectivity index (χ0n) is 11.5. The second-order valence-electron chi connectivity index (χ2n) is 5.23. The summed E-state index contributed by atoms with van der Waals surface area (Å²) in [6, 6.07) is 1.67. The molecule has 2 aromatic rings. The Hall–Kier alpha value is -2.97. The van der Waals surface area contributed by atoms with E-state index in [9.17, 15) is 18.4 Å². The van der Waals surface area contributed by atoms with Gasteiger partial charge in [-0.1, -0.05) is 0 Å². The first-order valence-corrected chi connectivity index (χ1v) is 6.76. The summed E-state index contributed by atoms with van der Waals surface area (Å²) in [5, 5.41) is 8.79. The topological polar surface area (TPSA) is 84.7 Å². The highest BCUT2D eigenvalue weighted by Crippen LogP contribution is 2.43. The van der Waals surface area contributed by atoms with Crippen molar-refractivity contribution in [2.75, 3.05) is 6.54 Å². The van der Waals surface area contributed by atoms with E-state index in [1.54, 1.807) is 0 Å². The molecule has 1 aromatic heterocycles. The molecule has 3 heterocycles. The molecule has 0 bridgehead atoms. The molecule has 1 N–H and O–H groups in total. The van der Waals surface area contributed by atoms with Gasteiger partial charge in [-0.3, -0.25) is 9.36 Å². The van der Waals surface area contributed by atoms with Crippen molar-refractivity contribution in [3.63, 3.8) is 0 Å². The fraction of sp³-hybridized carbons (Fsp3) is 0.214. The van der Waals surface area contributed by atoms with Crippen LogP contribution in [0.2, 0.25) is 0 Å². The molecule has 0 radical (unpaired) electrons. The van der Waals surface area contributed by atoms with Crippen LogP contribution < -0.4 is 4.74 Å². The van der Waals surface area contributed by atoms with Crippen molar-refractivity contribution in [2.24, 2.45) is 0 Å². The third kappa shape index (κ3) is 1.76. The lowest BCUT2D eigenvalue weighted by Gasteiger charge is -2.39. The van der Waals surface area contributed by atoms with E-state index >= 15 is 0 Å². The molecule has 118 valence electrons. The maximum absolute atomic E-state index is 14.2. The number of hydrogen-bond donors (Lipinski definition) is 1. The minimum absolute atomic E-state index is 0.103. The zero-order valence-corrected chi connectivity index (χ0v) is 11.5. The molecular formula is C14H9F2N3O4. The number of nitrogens with zero attached hydrogens (tertiary/aromatic N) is 3. The van der Waals surface area contributed by atoms with Crippen LogP contribution in [0.15, 0.2) is 18.5 Å². The average Bonchev–Trinajstić information content (AvgIpc) is 2.80. The number of fused-ring (bicyclic) bond motifs is 5. The Bertz CT molecular complexity index is 864. The van der Waals surface area contributed by atoms with Crippen LogP contribution >= 0.6 is 0 Å². The molecular weight excluding hydrogens is 312 g/mol. The Labute approximate surface area is 127 Å². The van der Waals surface area contributed by atoms with Crippen molar-refractivity contribution >= 4 is 12.1 Å². The number of ether oxygens (including phenoxy) is 1. The molecule has 1 amide bonds. The van der Waals surface area contributed by atoms with Crippen molar-refractivity contribution < 1.29 is 28.2 Å². The number of hydrogen-bond acceptors (Lipinski definition) is 4. The minimum atomic E-state index is -1.54. The summed E-state index contributed by atoms with van der Waals surface area (Å²) in [6.07, 6.45) is 0.239. The van der Waals surface area contributed by atoms with Crippen molar-refractivity contribution in [2.45, 2.75) is 12.5 Å². The largest absolute Gasteiger partial charge is 0.512 e. The van der Waals surface area contributed by atoms with Crippen LogP contribution in [-0.4, -0.2) is 38.2 Å². The predicted octanol–water partition coefficient (Wildman–Crippen LogP) is 2.11. The fourth-order valence-electron chi connectivity index (χ4n) is 3.00. The van der Waals surface area contributed by atoms with Crippen molar-refractivity contribution in [1.82, 2.24) is 14.5 Å². The zero-order chi connectivity index (χ0) is 16.3. The number of halogens is 2. The van der Waals surface area contributed by atoms with Gasteiger partial charge < -0.3 is 14.7 Å². The van der Waals surface area contributed by atoms with Crippen LogP contribution in [0.3, 0.4) is 0 Å². The summed E-state index contributed by atoms with van der Waals surface area (Å²) < 4.78 is 33.7. The van der Waals surface area contributed by atoms with Gasteiger partial charge in [-0.25, -0.2) is 18.6 Å². The van der Waals surface area contributed by atoms with E-state index in [4.69, 9.17) is 5.11 Å². The lowest BCUT2D eigenvalue weighted by Crippen LogP contribution is -2.45. The Morgan fingerprint density at radius 2 is 2.17 bits per heavy atom.